The molecule has 0 spiro atoms. The van der Waals surface area contributed by atoms with Crippen molar-refractivity contribution in [1.29, 1.82) is 0 Å². The summed E-state index contributed by atoms with van der Waals surface area (Å²) in [6.07, 6.45) is 7.71. The van der Waals surface area contributed by atoms with Gasteiger partial charge in [-0.1, -0.05) is 24.6 Å². The van der Waals surface area contributed by atoms with E-state index in [1.807, 2.05) is 0 Å². The fourth-order valence-electron chi connectivity index (χ4n) is 5.31. The molecule has 22 heavy (non-hydrogen) atoms. The Morgan fingerprint density at radius 1 is 1.18 bits per heavy atom. The Hall–Kier alpha value is -1.28. The molecule has 0 aromatic heterocycles. The van der Waals surface area contributed by atoms with Crippen molar-refractivity contribution >= 4 is 5.57 Å². The zero-order valence-electron chi connectivity index (χ0n) is 13.7. The van der Waals surface area contributed by atoms with E-state index in [0.29, 0.717) is 11.3 Å². The van der Waals surface area contributed by atoms with E-state index in [4.69, 9.17) is 4.74 Å². The first-order valence-corrected chi connectivity index (χ1v) is 8.70. The molecule has 3 aliphatic carbocycles. The molecular weight excluding hydrogens is 272 g/mol. The van der Waals surface area contributed by atoms with Crippen LogP contribution in [0.1, 0.15) is 56.6 Å². The van der Waals surface area contributed by atoms with Crippen LogP contribution in [0.15, 0.2) is 23.8 Å². The first-order valence-electron chi connectivity index (χ1n) is 8.70. The monoisotopic (exact) mass is 298 g/mol. The van der Waals surface area contributed by atoms with Gasteiger partial charge in [-0.3, -0.25) is 0 Å². The smallest absolute Gasteiger partial charge is 0.122 e. The predicted octanol–water partition coefficient (Wildman–Crippen LogP) is 4.36. The fraction of sp³-hybridized carbons (Fsp3) is 0.600. The molecule has 0 saturated heterocycles. The number of methoxy groups -OCH3 is 1. The number of fused-ring (bicyclic) bond motifs is 4. The zero-order chi connectivity index (χ0) is 15.3. The molecule has 0 bridgehead atoms. The lowest BCUT2D eigenvalue weighted by Crippen LogP contribution is -2.41. The van der Waals surface area contributed by atoms with Crippen LogP contribution in [0.5, 0.6) is 5.75 Å². The van der Waals surface area contributed by atoms with E-state index >= 15 is 0 Å². The van der Waals surface area contributed by atoms with Crippen LogP contribution in [0.2, 0.25) is 0 Å². The third-order valence-electron chi connectivity index (χ3n) is 6.55. The maximum absolute atomic E-state index is 10.1. The minimum atomic E-state index is -0.0730. The largest absolute Gasteiger partial charge is 0.496 e. The number of aliphatic hydroxyl groups excluding tert-OH is 1. The number of aliphatic hydroxyl groups is 1. The van der Waals surface area contributed by atoms with Gasteiger partial charge in [-0.05, 0) is 73.5 Å². The first kappa shape index (κ1) is 14.3. The van der Waals surface area contributed by atoms with E-state index < -0.39 is 0 Å². The number of hydrogen-bond donors (Lipinski definition) is 1. The van der Waals surface area contributed by atoms with E-state index in [2.05, 4.69) is 25.1 Å². The van der Waals surface area contributed by atoms with Gasteiger partial charge in [0.25, 0.3) is 0 Å². The Morgan fingerprint density at radius 2 is 2.05 bits per heavy atom. The summed E-state index contributed by atoms with van der Waals surface area (Å²) >= 11 is 0. The molecule has 1 N–H and O–H groups in total. The normalized spacial score (nSPS) is 33.8. The van der Waals surface area contributed by atoms with Gasteiger partial charge in [-0.15, -0.1) is 0 Å². The quantitative estimate of drug-likeness (QED) is 0.835. The summed E-state index contributed by atoms with van der Waals surface area (Å²) in [7, 11) is 1.78. The van der Waals surface area contributed by atoms with Crippen LogP contribution in [-0.4, -0.2) is 18.3 Å². The standard InChI is InChI=1S/C20H26O2/c1-20-11-10-14(21)12-13(20)6-7-16-15-4-3-5-19(22-2)17(15)8-9-18(16)20/h3-5,13-14,21H,6-12H2,1-2H3/t13-,14-,20-/m0/s1. The van der Waals surface area contributed by atoms with Crippen molar-refractivity contribution in [3.05, 3.63) is 34.9 Å². The second-order valence-corrected chi connectivity index (χ2v) is 7.52. The Labute approximate surface area is 133 Å². The van der Waals surface area contributed by atoms with Gasteiger partial charge in [0.15, 0.2) is 0 Å². The molecule has 4 rings (SSSR count). The second-order valence-electron chi connectivity index (χ2n) is 7.52. The van der Waals surface area contributed by atoms with Crippen molar-refractivity contribution in [2.24, 2.45) is 11.3 Å². The molecule has 1 fully saturated rings. The summed E-state index contributed by atoms with van der Waals surface area (Å²) in [6, 6.07) is 6.51. The highest BCUT2D eigenvalue weighted by atomic mass is 16.5. The zero-order valence-corrected chi connectivity index (χ0v) is 13.7. The van der Waals surface area contributed by atoms with E-state index in [1.165, 1.54) is 30.4 Å². The van der Waals surface area contributed by atoms with Gasteiger partial charge >= 0.3 is 0 Å². The Kier molecular flexibility index (Phi) is 3.34. The van der Waals surface area contributed by atoms with Crippen molar-refractivity contribution in [2.45, 2.75) is 58.0 Å². The van der Waals surface area contributed by atoms with Crippen molar-refractivity contribution < 1.29 is 9.84 Å². The van der Waals surface area contributed by atoms with E-state index in [0.717, 1.165) is 31.4 Å². The van der Waals surface area contributed by atoms with Crippen LogP contribution >= 0.6 is 0 Å². The molecule has 1 aromatic carbocycles. The van der Waals surface area contributed by atoms with E-state index in [1.54, 1.807) is 18.3 Å². The fourth-order valence-corrected chi connectivity index (χ4v) is 5.31. The Balaban J connectivity index is 1.81. The number of hydrogen-bond acceptors (Lipinski definition) is 2. The molecule has 2 nitrogen and oxygen atoms in total. The molecular formula is C20H26O2. The minimum Gasteiger partial charge on any atom is -0.496 e. The average molecular weight is 298 g/mol. The van der Waals surface area contributed by atoms with Gasteiger partial charge in [0.05, 0.1) is 13.2 Å². The molecule has 3 aliphatic rings. The highest BCUT2D eigenvalue weighted by molar-refractivity contribution is 5.76. The van der Waals surface area contributed by atoms with Crippen LogP contribution in [-0.2, 0) is 6.42 Å². The average Bonchev–Trinajstić information content (AvgIpc) is 2.54. The minimum absolute atomic E-state index is 0.0730. The maximum atomic E-state index is 10.1. The summed E-state index contributed by atoms with van der Waals surface area (Å²) < 4.78 is 5.58. The lowest BCUT2D eigenvalue weighted by atomic mass is 9.55. The third kappa shape index (κ3) is 1.96. The van der Waals surface area contributed by atoms with Gasteiger partial charge in [0, 0.05) is 5.56 Å². The highest BCUT2D eigenvalue weighted by Gasteiger charge is 2.46. The number of ether oxygens (including phenoxy) is 1. The van der Waals surface area contributed by atoms with Crippen LogP contribution in [0, 0.1) is 11.3 Å². The van der Waals surface area contributed by atoms with Crippen LogP contribution in [0.25, 0.3) is 5.57 Å². The lowest BCUT2D eigenvalue weighted by Gasteiger charge is -2.50. The number of benzene rings is 1. The molecule has 3 atom stereocenters. The van der Waals surface area contributed by atoms with Crippen LogP contribution in [0.3, 0.4) is 0 Å². The molecule has 0 heterocycles. The van der Waals surface area contributed by atoms with E-state index in [9.17, 15) is 5.11 Å². The molecule has 1 aromatic rings. The Morgan fingerprint density at radius 3 is 2.86 bits per heavy atom. The number of allylic oxidation sites excluding steroid dienone is 2. The maximum Gasteiger partial charge on any atom is 0.122 e. The second kappa shape index (κ2) is 5.13. The van der Waals surface area contributed by atoms with Gasteiger partial charge in [-0.25, -0.2) is 0 Å². The van der Waals surface area contributed by atoms with Crippen molar-refractivity contribution in [3.63, 3.8) is 0 Å². The summed E-state index contributed by atoms with van der Waals surface area (Å²) in [5.41, 5.74) is 6.44. The Bertz CT molecular complexity index is 631. The van der Waals surface area contributed by atoms with Gasteiger partial charge in [0.1, 0.15) is 5.75 Å². The van der Waals surface area contributed by atoms with Crippen LogP contribution < -0.4 is 4.74 Å². The van der Waals surface area contributed by atoms with Crippen molar-refractivity contribution in [3.8, 4) is 5.75 Å². The molecule has 0 unspecified atom stereocenters. The van der Waals surface area contributed by atoms with Crippen molar-refractivity contribution in [2.75, 3.05) is 7.11 Å². The van der Waals surface area contributed by atoms with Crippen molar-refractivity contribution in [1.82, 2.24) is 0 Å². The van der Waals surface area contributed by atoms with Gasteiger partial charge in [-0.2, -0.15) is 0 Å². The van der Waals surface area contributed by atoms with E-state index in [-0.39, 0.29) is 6.10 Å². The molecule has 0 radical (unpaired) electrons. The van der Waals surface area contributed by atoms with Gasteiger partial charge in [0.2, 0.25) is 0 Å². The van der Waals surface area contributed by atoms with Gasteiger partial charge < -0.3 is 9.84 Å². The number of rotatable bonds is 1. The highest BCUT2D eigenvalue weighted by Crippen LogP contribution is 2.57. The summed E-state index contributed by atoms with van der Waals surface area (Å²) in [4.78, 5) is 0. The molecule has 2 heteroatoms. The molecule has 0 aliphatic heterocycles. The SMILES string of the molecule is COc1cccc2c1CCC1=C2CC[C@H]2C[C@@H](O)CC[C@]12C. The third-order valence-corrected chi connectivity index (χ3v) is 6.55. The predicted molar refractivity (Wildman–Crippen MR) is 88.9 cm³/mol. The lowest BCUT2D eigenvalue weighted by molar-refractivity contribution is 0.0290. The summed E-state index contributed by atoms with van der Waals surface area (Å²) in [6.45, 7) is 2.46. The molecule has 0 amide bonds. The summed E-state index contributed by atoms with van der Waals surface area (Å²) in [5, 5.41) is 10.1. The van der Waals surface area contributed by atoms with Crippen LogP contribution in [0.4, 0.5) is 0 Å². The topological polar surface area (TPSA) is 29.5 Å². The summed E-state index contributed by atoms with van der Waals surface area (Å²) in [5.74, 6) is 1.72. The molecule has 1 saturated carbocycles. The molecule has 118 valence electrons. The first-order chi connectivity index (χ1) is 10.6.